The highest BCUT2D eigenvalue weighted by atomic mass is 19.1. The maximum atomic E-state index is 15.8. The van der Waals surface area contributed by atoms with Crippen LogP contribution in [0.4, 0.5) is 20.2 Å². The van der Waals surface area contributed by atoms with Gasteiger partial charge in [-0.1, -0.05) is 0 Å². The number of carboxylic acids is 1. The number of nitrogens with two attached hydrogens (primary N) is 1. The van der Waals surface area contributed by atoms with Gasteiger partial charge in [-0.05, 0) is 46.2 Å². The van der Waals surface area contributed by atoms with E-state index in [4.69, 9.17) is 5.73 Å². The number of fused-ring (bicyclic) bond motifs is 1. The fourth-order valence-corrected chi connectivity index (χ4v) is 4.43. The van der Waals surface area contributed by atoms with Gasteiger partial charge in [-0.3, -0.25) is 4.79 Å². The molecule has 1 aliphatic heterocycles. The van der Waals surface area contributed by atoms with Gasteiger partial charge in [0.05, 0.1) is 16.6 Å². The van der Waals surface area contributed by atoms with Gasteiger partial charge in [-0.2, -0.15) is 0 Å². The molecule has 1 unspecified atom stereocenters. The van der Waals surface area contributed by atoms with Crippen molar-refractivity contribution in [2.24, 2.45) is 5.92 Å². The molecule has 1 aliphatic carbocycles. The van der Waals surface area contributed by atoms with Crippen LogP contribution >= 0.6 is 0 Å². The second-order valence-corrected chi connectivity index (χ2v) is 8.63. The summed E-state index contributed by atoms with van der Waals surface area (Å²) in [7, 11) is 3.94. The minimum Gasteiger partial charge on any atom is -0.477 e. The molecule has 1 aromatic heterocycles. The number of carbonyl (C=O) groups is 1. The largest absolute Gasteiger partial charge is 0.477 e. The molecule has 2 aliphatic rings. The fourth-order valence-electron chi connectivity index (χ4n) is 4.43. The van der Waals surface area contributed by atoms with Crippen molar-refractivity contribution in [1.29, 1.82) is 0 Å². The lowest BCUT2D eigenvalue weighted by Gasteiger charge is -2.27. The van der Waals surface area contributed by atoms with Crippen molar-refractivity contribution in [1.82, 2.24) is 9.47 Å². The lowest BCUT2D eigenvalue weighted by Crippen LogP contribution is -2.34. The monoisotopic (exact) mass is 420 g/mol. The Morgan fingerprint density at radius 3 is 2.50 bits per heavy atom. The summed E-state index contributed by atoms with van der Waals surface area (Å²) < 4.78 is 32.5. The number of nitrogens with zero attached hydrogens (tertiary/aromatic N) is 3. The summed E-state index contributed by atoms with van der Waals surface area (Å²) in [6.07, 6.45) is 3.41. The van der Waals surface area contributed by atoms with E-state index in [-0.39, 0.29) is 29.2 Å². The minimum absolute atomic E-state index is 0.106. The van der Waals surface area contributed by atoms with Gasteiger partial charge in [0, 0.05) is 31.4 Å². The van der Waals surface area contributed by atoms with E-state index in [1.807, 2.05) is 14.1 Å². The number of aromatic carboxylic acids is 1. The van der Waals surface area contributed by atoms with E-state index >= 15 is 8.78 Å². The molecule has 2 fully saturated rings. The van der Waals surface area contributed by atoms with Crippen molar-refractivity contribution < 1.29 is 18.7 Å². The van der Waals surface area contributed by atoms with Gasteiger partial charge in [0.1, 0.15) is 11.3 Å². The topological polar surface area (TPSA) is 91.8 Å². The summed E-state index contributed by atoms with van der Waals surface area (Å²) in [4.78, 5) is 28.0. The van der Waals surface area contributed by atoms with Crippen LogP contribution in [0.15, 0.2) is 11.0 Å². The standard InChI is InChI=1S/C21H26F2N4O3/c1-10(25(2)3)11-6-7-26(8-11)19-15(22)17(24)14-18(16(19)23)27(12-4-5-12)9-13(20(14)28)21(29)30/h9-12H,4-8,24H2,1-3H3,(H,29,30)/t10-,11?/m1/s1. The molecule has 0 spiro atoms. The van der Waals surface area contributed by atoms with Crippen LogP contribution < -0.4 is 16.1 Å². The maximum absolute atomic E-state index is 15.8. The smallest absolute Gasteiger partial charge is 0.341 e. The van der Waals surface area contributed by atoms with Crippen molar-refractivity contribution >= 4 is 28.2 Å². The first-order valence-corrected chi connectivity index (χ1v) is 10.1. The Morgan fingerprint density at radius 1 is 1.27 bits per heavy atom. The summed E-state index contributed by atoms with van der Waals surface area (Å²) in [5, 5.41) is 8.99. The molecule has 30 heavy (non-hydrogen) atoms. The fraction of sp³-hybridized carbons (Fsp3) is 0.524. The van der Waals surface area contributed by atoms with Gasteiger partial charge in [0.25, 0.3) is 0 Å². The zero-order valence-electron chi connectivity index (χ0n) is 17.3. The molecule has 0 bridgehead atoms. The van der Waals surface area contributed by atoms with Crippen LogP contribution in [0.25, 0.3) is 10.9 Å². The molecule has 162 valence electrons. The van der Waals surface area contributed by atoms with Gasteiger partial charge in [0.2, 0.25) is 5.43 Å². The Bertz CT molecular complexity index is 1090. The summed E-state index contributed by atoms with van der Waals surface area (Å²) in [5.41, 5.74) is 3.65. The van der Waals surface area contributed by atoms with Gasteiger partial charge in [-0.25, -0.2) is 13.6 Å². The van der Waals surface area contributed by atoms with Crippen LogP contribution in [-0.4, -0.2) is 53.8 Å². The Balaban J connectivity index is 1.92. The molecule has 1 saturated carbocycles. The van der Waals surface area contributed by atoms with Crippen molar-refractivity contribution in [2.75, 3.05) is 37.8 Å². The third-order valence-corrected chi connectivity index (χ3v) is 6.57. The van der Waals surface area contributed by atoms with Crippen LogP contribution in [0, 0.1) is 17.6 Å². The number of benzene rings is 1. The van der Waals surface area contributed by atoms with E-state index in [0.717, 1.165) is 25.5 Å². The summed E-state index contributed by atoms with van der Waals surface area (Å²) >= 11 is 0. The summed E-state index contributed by atoms with van der Waals surface area (Å²) in [6.45, 7) is 3.02. The maximum Gasteiger partial charge on any atom is 0.341 e. The quantitative estimate of drug-likeness (QED) is 0.723. The zero-order valence-corrected chi connectivity index (χ0v) is 17.3. The molecule has 2 atom stereocenters. The molecule has 7 nitrogen and oxygen atoms in total. The first kappa shape index (κ1) is 20.6. The Labute approximate surface area is 172 Å². The Morgan fingerprint density at radius 2 is 1.93 bits per heavy atom. The number of aromatic nitrogens is 1. The van der Waals surface area contributed by atoms with E-state index < -0.39 is 39.7 Å². The highest BCUT2D eigenvalue weighted by Gasteiger charge is 2.36. The van der Waals surface area contributed by atoms with Crippen molar-refractivity contribution in [3.05, 3.63) is 33.6 Å². The number of pyridine rings is 1. The minimum atomic E-state index is -1.44. The average molecular weight is 420 g/mol. The van der Waals surface area contributed by atoms with Gasteiger partial charge in [0.15, 0.2) is 11.6 Å². The van der Waals surface area contributed by atoms with Crippen LogP contribution in [0.2, 0.25) is 0 Å². The number of halogens is 2. The van der Waals surface area contributed by atoms with Crippen LogP contribution in [0.1, 0.15) is 42.6 Å². The van der Waals surface area contributed by atoms with E-state index in [2.05, 4.69) is 11.8 Å². The van der Waals surface area contributed by atoms with E-state index in [1.165, 1.54) is 4.57 Å². The normalized spacial score (nSPS) is 20.3. The second-order valence-electron chi connectivity index (χ2n) is 8.63. The Kier molecular flexibility index (Phi) is 4.96. The summed E-state index contributed by atoms with van der Waals surface area (Å²) in [5.74, 6) is -3.06. The van der Waals surface area contributed by atoms with Crippen molar-refractivity contribution in [3.63, 3.8) is 0 Å². The molecule has 0 amide bonds. The molecule has 2 heterocycles. The van der Waals surface area contributed by atoms with E-state index in [1.54, 1.807) is 4.90 Å². The summed E-state index contributed by atoms with van der Waals surface area (Å²) in [6, 6.07) is 0.111. The van der Waals surface area contributed by atoms with Crippen LogP contribution in [0.5, 0.6) is 0 Å². The lowest BCUT2D eigenvalue weighted by atomic mass is 10.00. The molecule has 3 N–H and O–H groups in total. The highest BCUT2D eigenvalue weighted by Crippen LogP contribution is 2.42. The number of hydrogen-bond donors (Lipinski definition) is 2. The predicted octanol–water partition coefficient (Wildman–Crippen LogP) is 2.67. The predicted molar refractivity (Wildman–Crippen MR) is 111 cm³/mol. The molecule has 1 saturated heterocycles. The van der Waals surface area contributed by atoms with E-state index in [0.29, 0.717) is 13.1 Å². The highest BCUT2D eigenvalue weighted by molar-refractivity contribution is 5.99. The number of nitrogen functional groups attached to an aromatic ring is 1. The molecule has 2 aromatic rings. The van der Waals surface area contributed by atoms with Crippen LogP contribution in [0.3, 0.4) is 0 Å². The van der Waals surface area contributed by atoms with Crippen LogP contribution in [-0.2, 0) is 0 Å². The average Bonchev–Trinajstić information content (AvgIpc) is 3.42. The van der Waals surface area contributed by atoms with Crippen molar-refractivity contribution in [2.45, 2.75) is 38.3 Å². The lowest BCUT2D eigenvalue weighted by molar-refractivity contribution is 0.0695. The number of hydrogen-bond acceptors (Lipinski definition) is 5. The molecule has 9 heteroatoms. The molecule has 0 radical (unpaired) electrons. The third kappa shape index (κ3) is 3.12. The number of carboxylic acid groups (broad SMARTS) is 1. The Hall–Kier alpha value is -2.68. The zero-order chi connectivity index (χ0) is 21.9. The molecule has 4 rings (SSSR count). The number of rotatable bonds is 5. The van der Waals surface area contributed by atoms with Gasteiger partial charge < -0.3 is 25.2 Å². The molecular formula is C21H26F2N4O3. The van der Waals surface area contributed by atoms with E-state index in [9.17, 15) is 14.7 Å². The third-order valence-electron chi connectivity index (χ3n) is 6.57. The SMILES string of the molecule is C[C@H](C1CCN(c2c(F)c(N)c3c(=O)c(C(=O)O)cn(C4CC4)c3c2F)C1)N(C)C. The molecular weight excluding hydrogens is 394 g/mol. The molecule has 1 aromatic carbocycles. The first-order valence-electron chi connectivity index (χ1n) is 10.1. The van der Waals surface area contributed by atoms with Gasteiger partial charge >= 0.3 is 5.97 Å². The first-order chi connectivity index (χ1) is 14.1. The van der Waals surface area contributed by atoms with Gasteiger partial charge in [-0.15, -0.1) is 0 Å². The number of anilines is 2. The second kappa shape index (κ2) is 7.23. The van der Waals surface area contributed by atoms with Crippen molar-refractivity contribution in [3.8, 4) is 0 Å².